The van der Waals surface area contributed by atoms with Crippen molar-refractivity contribution < 1.29 is 71.5 Å². The van der Waals surface area contributed by atoms with Crippen LogP contribution in [0.5, 0.6) is 5.75 Å². The summed E-state index contributed by atoms with van der Waals surface area (Å²) in [6.45, 7) is 20.3. The number of amides is 1. The number of halogens is 1. The van der Waals surface area contributed by atoms with E-state index in [1.807, 2.05) is 41.5 Å². The molecule has 0 saturated heterocycles. The molecule has 2 aromatic carbocycles. The molecule has 18 nitrogen and oxygen atoms in total. The molecular formula is C46H74ClN3O15. The second-order valence-electron chi connectivity index (χ2n) is 15.2. The molecule has 0 aliphatic heterocycles. The van der Waals surface area contributed by atoms with Gasteiger partial charge in [0.05, 0.1) is 155 Å². The molecule has 0 bridgehead atoms. The second kappa shape index (κ2) is 36.9. The second-order valence-corrected chi connectivity index (χ2v) is 15.7. The van der Waals surface area contributed by atoms with Gasteiger partial charge in [-0.3, -0.25) is 9.59 Å². The maximum absolute atomic E-state index is 12.6. The molecule has 0 heterocycles. The highest BCUT2D eigenvalue weighted by atomic mass is 35.5. The van der Waals surface area contributed by atoms with Gasteiger partial charge >= 0.3 is 0 Å². The largest absolute Gasteiger partial charge is 0.491 e. The van der Waals surface area contributed by atoms with E-state index in [9.17, 15) is 9.59 Å². The van der Waals surface area contributed by atoms with Crippen molar-refractivity contribution in [3.8, 4) is 5.75 Å². The topological polar surface area (TPSA) is 202 Å². The fourth-order valence-electron chi connectivity index (χ4n) is 5.19. The van der Waals surface area contributed by atoms with Crippen molar-refractivity contribution >= 4 is 34.7 Å². The molecule has 19 heteroatoms. The number of carbonyl (C=O) groups excluding carboxylic acids is 2. The fourth-order valence-corrected chi connectivity index (χ4v) is 5.31. The number of aliphatic hydroxyl groups is 1. The Balaban J connectivity index is 1.43. The van der Waals surface area contributed by atoms with E-state index in [0.717, 1.165) is 0 Å². The number of hydrogen-bond acceptors (Lipinski definition) is 17. The molecule has 0 aliphatic carbocycles. The number of nitrogens with zero attached hydrogens (tertiary/aromatic N) is 2. The SMILES string of the molecule is CC(=O)C(N=Nc1ccc(OCCOCCOCC(C)OCC(C)OCC(C)OCC(C)OCC(C)OCC(C)OCCOCCOCCOCCO)cc1)C(=O)Nc1ccc(Cl)cc1. The van der Waals surface area contributed by atoms with Gasteiger partial charge in [-0.1, -0.05) is 11.6 Å². The van der Waals surface area contributed by atoms with Crippen LogP contribution in [0.2, 0.25) is 5.02 Å². The number of Topliss-reactive ketones (excluding diaryl/α,β-unsaturated/α-hetero) is 1. The van der Waals surface area contributed by atoms with Crippen molar-refractivity contribution in [2.45, 2.75) is 91.1 Å². The lowest BCUT2D eigenvalue weighted by molar-refractivity contribution is -0.126. The van der Waals surface area contributed by atoms with Crippen LogP contribution in [0.1, 0.15) is 48.5 Å². The average Bonchev–Trinajstić information content (AvgIpc) is 3.29. The lowest BCUT2D eigenvalue weighted by atomic mass is 10.2. The summed E-state index contributed by atoms with van der Waals surface area (Å²) in [5, 5.41) is 19.9. The Bertz CT molecular complexity index is 1530. The van der Waals surface area contributed by atoms with Crippen LogP contribution in [0.15, 0.2) is 58.8 Å². The molecule has 0 fully saturated rings. The van der Waals surface area contributed by atoms with Crippen molar-refractivity contribution in [1.29, 1.82) is 0 Å². The minimum atomic E-state index is -1.29. The Morgan fingerprint density at radius 3 is 1.43 bits per heavy atom. The standard InChI is InChI=1S/C46H74ClN3O15/c1-34(28-58-23-22-57-25-27-60-44-14-12-43(13-15-44)49-50-45(40(7)52)46(53)48-42-10-8-41(47)9-11-42)61-30-36(3)63-32-38(5)65-33-39(6)64-31-37(4)62-29-35(2)59-26-24-56-21-20-55-19-18-54-17-16-51/h8-15,34-39,45,51H,16-33H2,1-7H3,(H,48,53). The highest BCUT2D eigenvalue weighted by Crippen LogP contribution is 2.20. The molecule has 370 valence electrons. The first kappa shape index (κ1) is 57.9. The maximum Gasteiger partial charge on any atom is 0.258 e. The fraction of sp³-hybridized carbons (Fsp3) is 0.696. The molecule has 0 aliphatic rings. The number of hydrogen-bond donors (Lipinski definition) is 2. The van der Waals surface area contributed by atoms with E-state index in [0.29, 0.717) is 134 Å². The van der Waals surface area contributed by atoms with Crippen molar-refractivity contribution in [3.05, 3.63) is 53.6 Å². The van der Waals surface area contributed by atoms with Crippen molar-refractivity contribution in [2.24, 2.45) is 10.2 Å². The summed E-state index contributed by atoms with van der Waals surface area (Å²) in [4.78, 5) is 24.7. The van der Waals surface area contributed by atoms with Crippen LogP contribution in [0.25, 0.3) is 0 Å². The predicted octanol–water partition coefficient (Wildman–Crippen LogP) is 5.90. The number of ketones is 1. The Morgan fingerprint density at radius 2 is 0.954 bits per heavy atom. The molecule has 2 N–H and O–H groups in total. The van der Waals surface area contributed by atoms with Gasteiger partial charge in [-0.25, -0.2) is 0 Å². The Kier molecular flexibility index (Phi) is 32.8. The number of aliphatic hydroxyl groups excluding tert-OH is 1. The summed E-state index contributed by atoms with van der Waals surface area (Å²) in [5.41, 5.74) is 0.957. The van der Waals surface area contributed by atoms with Crippen LogP contribution in [0.4, 0.5) is 11.4 Å². The van der Waals surface area contributed by atoms with Gasteiger partial charge < -0.3 is 67.3 Å². The highest BCUT2D eigenvalue weighted by Gasteiger charge is 2.23. The van der Waals surface area contributed by atoms with E-state index in [-0.39, 0.29) is 43.2 Å². The molecule has 2 rings (SSSR count). The van der Waals surface area contributed by atoms with Gasteiger partial charge in [0.25, 0.3) is 5.91 Å². The van der Waals surface area contributed by atoms with E-state index < -0.39 is 17.7 Å². The van der Waals surface area contributed by atoms with Gasteiger partial charge in [0, 0.05) is 10.7 Å². The van der Waals surface area contributed by atoms with Gasteiger partial charge in [0.1, 0.15) is 12.4 Å². The third-order valence-corrected chi connectivity index (χ3v) is 9.03. The molecule has 1 amide bonds. The first-order valence-electron chi connectivity index (χ1n) is 22.3. The van der Waals surface area contributed by atoms with Crippen LogP contribution in [0, 0.1) is 0 Å². The number of ether oxygens (including phenoxy) is 12. The molecule has 7 atom stereocenters. The third-order valence-electron chi connectivity index (χ3n) is 8.78. The number of carbonyl (C=O) groups is 2. The van der Waals surface area contributed by atoms with Gasteiger partial charge in [-0.05, 0) is 97.0 Å². The smallest absolute Gasteiger partial charge is 0.258 e. The van der Waals surface area contributed by atoms with Gasteiger partial charge in [-0.15, -0.1) is 0 Å². The minimum absolute atomic E-state index is 0.0107. The molecule has 0 aromatic heterocycles. The molecule has 0 spiro atoms. The zero-order valence-electron chi connectivity index (χ0n) is 39.3. The molecule has 2 aromatic rings. The predicted molar refractivity (Wildman–Crippen MR) is 245 cm³/mol. The number of nitrogens with one attached hydrogen (secondary N) is 1. The quantitative estimate of drug-likeness (QED) is 0.0453. The lowest BCUT2D eigenvalue weighted by Crippen LogP contribution is -2.31. The van der Waals surface area contributed by atoms with Crippen LogP contribution in [-0.2, 0) is 61.7 Å². The van der Waals surface area contributed by atoms with E-state index in [1.165, 1.54) is 6.92 Å². The van der Waals surface area contributed by atoms with Crippen molar-refractivity contribution in [2.75, 3.05) is 124 Å². The van der Waals surface area contributed by atoms with Gasteiger partial charge in [0.15, 0.2) is 5.78 Å². The normalized spacial score (nSPS) is 15.0. The van der Waals surface area contributed by atoms with Crippen molar-refractivity contribution in [3.63, 3.8) is 0 Å². The summed E-state index contributed by atoms with van der Waals surface area (Å²) >= 11 is 5.89. The van der Waals surface area contributed by atoms with E-state index in [1.54, 1.807) is 48.5 Å². The summed E-state index contributed by atoms with van der Waals surface area (Å²) in [6, 6.07) is 12.0. The van der Waals surface area contributed by atoms with Crippen molar-refractivity contribution in [1.82, 2.24) is 0 Å². The zero-order chi connectivity index (χ0) is 47.5. The minimum Gasteiger partial charge on any atom is -0.491 e. The first-order valence-corrected chi connectivity index (χ1v) is 22.6. The Labute approximate surface area is 390 Å². The van der Waals surface area contributed by atoms with Gasteiger partial charge in [-0.2, -0.15) is 10.2 Å². The van der Waals surface area contributed by atoms with Crippen LogP contribution < -0.4 is 10.1 Å². The van der Waals surface area contributed by atoms with Crippen LogP contribution in [-0.4, -0.2) is 178 Å². The summed E-state index contributed by atoms with van der Waals surface area (Å²) in [5.74, 6) is -0.418. The number of azo groups is 1. The molecule has 65 heavy (non-hydrogen) atoms. The summed E-state index contributed by atoms with van der Waals surface area (Å²) in [6.07, 6.45) is -0.638. The average molecular weight is 945 g/mol. The zero-order valence-corrected chi connectivity index (χ0v) is 40.1. The summed E-state index contributed by atoms with van der Waals surface area (Å²) in [7, 11) is 0. The summed E-state index contributed by atoms with van der Waals surface area (Å²) < 4.78 is 68.3. The molecule has 7 unspecified atom stereocenters. The Morgan fingerprint density at radius 1 is 0.538 bits per heavy atom. The lowest BCUT2D eigenvalue weighted by Gasteiger charge is -2.22. The monoisotopic (exact) mass is 943 g/mol. The number of anilines is 1. The third kappa shape index (κ3) is 30.7. The number of rotatable bonds is 41. The van der Waals surface area contributed by atoms with E-state index in [2.05, 4.69) is 15.5 Å². The molecular weight excluding hydrogens is 870 g/mol. The Hall–Kier alpha value is -3.21. The molecule has 0 radical (unpaired) electrons. The highest BCUT2D eigenvalue weighted by molar-refractivity contribution is 6.30. The van der Waals surface area contributed by atoms with Gasteiger partial charge in [0.2, 0.25) is 6.04 Å². The number of benzene rings is 2. The van der Waals surface area contributed by atoms with Crippen LogP contribution in [0.3, 0.4) is 0 Å². The van der Waals surface area contributed by atoms with E-state index >= 15 is 0 Å². The first-order chi connectivity index (χ1) is 31.4. The molecule has 0 saturated carbocycles. The van der Waals surface area contributed by atoms with E-state index in [4.69, 9.17) is 73.5 Å². The van der Waals surface area contributed by atoms with Crippen LogP contribution >= 0.6 is 11.6 Å². The maximum atomic E-state index is 12.6.